The van der Waals surface area contributed by atoms with Crippen LogP contribution in [0.1, 0.15) is 17.3 Å². The molecular formula is C19H23N3O4S2. The number of hydrogen-bond donors (Lipinski definition) is 0. The van der Waals surface area contributed by atoms with E-state index in [9.17, 15) is 18.0 Å². The van der Waals surface area contributed by atoms with Crippen LogP contribution in [0.2, 0.25) is 0 Å². The predicted molar refractivity (Wildman–Crippen MR) is 111 cm³/mol. The van der Waals surface area contributed by atoms with E-state index in [1.807, 2.05) is 19.0 Å². The fourth-order valence-electron chi connectivity index (χ4n) is 2.38. The van der Waals surface area contributed by atoms with Gasteiger partial charge in [0.15, 0.2) is 10.9 Å². The van der Waals surface area contributed by atoms with Gasteiger partial charge in [0.25, 0.3) is 10.0 Å². The van der Waals surface area contributed by atoms with E-state index in [1.165, 1.54) is 35.8 Å². The van der Waals surface area contributed by atoms with E-state index in [1.54, 1.807) is 24.3 Å². The van der Waals surface area contributed by atoms with Crippen molar-refractivity contribution in [3.05, 3.63) is 54.4 Å². The van der Waals surface area contributed by atoms with E-state index in [2.05, 4.69) is 4.98 Å². The minimum atomic E-state index is -3.77. The van der Waals surface area contributed by atoms with Gasteiger partial charge in [0.05, 0.1) is 16.3 Å². The average molecular weight is 422 g/mol. The lowest BCUT2D eigenvalue weighted by atomic mass is 10.1. The van der Waals surface area contributed by atoms with Gasteiger partial charge in [0.2, 0.25) is 0 Å². The van der Waals surface area contributed by atoms with Crippen molar-refractivity contribution in [1.82, 2.24) is 9.88 Å². The first-order valence-corrected chi connectivity index (χ1v) is 11.0. The molecule has 0 unspecified atom stereocenters. The zero-order chi connectivity index (χ0) is 20.7. The molecule has 0 N–H and O–H groups in total. The van der Waals surface area contributed by atoms with Gasteiger partial charge in [-0.2, -0.15) is 0 Å². The lowest BCUT2D eigenvalue weighted by Gasteiger charge is -2.26. The van der Waals surface area contributed by atoms with Crippen molar-refractivity contribution in [2.45, 2.75) is 11.8 Å². The van der Waals surface area contributed by atoms with Crippen molar-refractivity contribution < 1.29 is 18.0 Å². The number of carbonyl (C=O) groups excluding carboxylic acids is 2. The third-order valence-electron chi connectivity index (χ3n) is 3.87. The summed E-state index contributed by atoms with van der Waals surface area (Å²) in [4.78, 5) is 29.1. The van der Waals surface area contributed by atoms with E-state index >= 15 is 0 Å². The number of nitrogens with zero attached hydrogens (tertiary/aromatic N) is 3. The number of likely N-dealkylation sites (N-methyl/N-ethyl adjacent to an activating group) is 1. The van der Waals surface area contributed by atoms with Gasteiger partial charge < -0.3 is 4.90 Å². The number of benzene rings is 1. The van der Waals surface area contributed by atoms with Crippen LogP contribution >= 0.6 is 11.8 Å². The Bertz CT molecular complexity index is 914. The molecule has 150 valence electrons. The van der Waals surface area contributed by atoms with E-state index in [0.717, 1.165) is 11.8 Å². The van der Waals surface area contributed by atoms with E-state index in [-0.39, 0.29) is 28.1 Å². The van der Waals surface area contributed by atoms with Gasteiger partial charge in [-0.05, 0) is 50.5 Å². The lowest BCUT2D eigenvalue weighted by molar-refractivity contribution is -0.109. The van der Waals surface area contributed by atoms with E-state index < -0.39 is 10.0 Å². The maximum Gasteiger partial charge on any atom is 0.264 e. The molecule has 0 saturated carbocycles. The highest BCUT2D eigenvalue weighted by molar-refractivity contribution is 8.14. The van der Waals surface area contributed by atoms with Crippen molar-refractivity contribution in [2.75, 3.05) is 37.2 Å². The number of anilines is 1. The van der Waals surface area contributed by atoms with Crippen LogP contribution in [-0.4, -0.2) is 62.1 Å². The number of sulfonamides is 1. The Kier molecular flexibility index (Phi) is 7.73. The molecule has 0 aliphatic heterocycles. The van der Waals surface area contributed by atoms with Gasteiger partial charge in [-0.25, -0.2) is 8.42 Å². The van der Waals surface area contributed by atoms with Crippen LogP contribution in [-0.2, 0) is 14.8 Å². The number of Topliss-reactive ketones (excluding diaryl/α,β-unsaturated/α-hetero) is 1. The first-order valence-electron chi connectivity index (χ1n) is 8.56. The Morgan fingerprint density at radius 3 is 2.14 bits per heavy atom. The molecule has 1 aromatic carbocycles. The van der Waals surface area contributed by atoms with Crippen molar-refractivity contribution in [3.63, 3.8) is 0 Å². The summed E-state index contributed by atoms with van der Waals surface area (Å²) >= 11 is 0.951. The third kappa shape index (κ3) is 5.88. The van der Waals surface area contributed by atoms with Crippen molar-refractivity contribution in [1.29, 1.82) is 0 Å². The summed E-state index contributed by atoms with van der Waals surface area (Å²) in [6.07, 6.45) is 2.87. The number of rotatable bonds is 9. The van der Waals surface area contributed by atoms with Crippen molar-refractivity contribution in [2.24, 2.45) is 0 Å². The molecule has 1 heterocycles. The maximum absolute atomic E-state index is 13.1. The molecular weight excluding hydrogens is 398 g/mol. The molecule has 0 saturated heterocycles. The van der Waals surface area contributed by atoms with Gasteiger partial charge in [-0.1, -0.05) is 11.8 Å². The molecule has 0 aliphatic carbocycles. The number of pyridine rings is 1. The second-order valence-electron chi connectivity index (χ2n) is 6.31. The topological polar surface area (TPSA) is 87.7 Å². The fourth-order valence-corrected chi connectivity index (χ4v) is 4.32. The zero-order valence-electron chi connectivity index (χ0n) is 16.0. The Morgan fingerprint density at radius 2 is 1.61 bits per heavy atom. The molecule has 28 heavy (non-hydrogen) atoms. The molecule has 0 radical (unpaired) electrons. The lowest BCUT2D eigenvalue weighted by Crippen LogP contribution is -2.36. The van der Waals surface area contributed by atoms with Gasteiger partial charge >= 0.3 is 0 Å². The normalized spacial score (nSPS) is 11.4. The Labute approximate surface area is 169 Å². The molecule has 7 nitrogen and oxygen atoms in total. The van der Waals surface area contributed by atoms with Crippen LogP contribution in [0.5, 0.6) is 0 Å². The summed E-state index contributed by atoms with van der Waals surface area (Å²) in [5, 5.41) is -0.122. The smallest absolute Gasteiger partial charge is 0.264 e. The quantitative estimate of drug-likeness (QED) is 0.574. The average Bonchev–Trinajstić information content (AvgIpc) is 2.67. The summed E-state index contributed by atoms with van der Waals surface area (Å²) < 4.78 is 27.5. The second-order valence-corrected chi connectivity index (χ2v) is 9.33. The molecule has 2 aromatic rings. The predicted octanol–water partition coefficient (Wildman–Crippen LogP) is 2.30. The van der Waals surface area contributed by atoms with Gasteiger partial charge in [-0.15, -0.1) is 0 Å². The van der Waals surface area contributed by atoms with E-state index in [0.29, 0.717) is 17.8 Å². The number of aromatic nitrogens is 1. The highest BCUT2D eigenvalue weighted by Gasteiger charge is 2.25. The van der Waals surface area contributed by atoms with E-state index in [4.69, 9.17) is 0 Å². The second kappa shape index (κ2) is 9.81. The van der Waals surface area contributed by atoms with Gasteiger partial charge in [-0.3, -0.25) is 18.9 Å². The minimum absolute atomic E-state index is 0.0638. The molecule has 0 bridgehead atoms. The van der Waals surface area contributed by atoms with Crippen LogP contribution in [0.3, 0.4) is 0 Å². The molecule has 0 atom stereocenters. The summed E-state index contributed by atoms with van der Waals surface area (Å²) in [5.41, 5.74) is 0.904. The van der Waals surface area contributed by atoms with Crippen molar-refractivity contribution >= 4 is 38.4 Å². The summed E-state index contributed by atoms with van der Waals surface area (Å²) in [5.74, 6) is -0.113. The highest BCUT2D eigenvalue weighted by atomic mass is 32.2. The van der Waals surface area contributed by atoms with Crippen LogP contribution < -0.4 is 4.31 Å². The third-order valence-corrected chi connectivity index (χ3v) is 6.53. The minimum Gasteiger partial charge on any atom is -0.308 e. The largest absolute Gasteiger partial charge is 0.308 e. The molecule has 1 aromatic heterocycles. The maximum atomic E-state index is 13.1. The summed E-state index contributed by atoms with van der Waals surface area (Å²) in [7, 11) is -0.0379. The first kappa shape index (κ1) is 22.1. The van der Waals surface area contributed by atoms with Crippen LogP contribution in [0, 0.1) is 0 Å². The fraction of sp³-hybridized carbons (Fsp3) is 0.316. The van der Waals surface area contributed by atoms with Gasteiger partial charge in [0.1, 0.15) is 0 Å². The SMILES string of the molecule is CC(=O)SCC(=O)c1ccc(N(CCN(C)C)S(=O)(=O)c2ccncc2)cc1. The summed E-state index contributed by atoms with van der Waals surface area (Å²) in [6, 6.07) is 9.30. The Balaban J connectivity index is 2.31. The number of hydrogen-bond acceptors (Lipinski definition) is 7. The van der Waals surface area contributed by atoms with Crippen LogP contribution in [0.25, 0.3) is 0 Å². The van der Waals surface area contributed by atoms with Crippen LogP contribution in [0.4, 0.5) is 5.69 Å². The monoisotopic (exact) mass is 421 g/mol. The van der Waals surface area contributed by atoms with Crippen molar-refractivity contribution in [3.8, 4) is 0 Å². The highest BCUT2D eigenvalue weighted by Crippen LogP contribution is 2.24. The Morgan fingerprint density at radius 1 is 1.00 bits per heavy atom. The number of carbonyl (C=O) groups is 2. The molecule has 9 heteroatoms. The molecule has 0 fully saturated rings. The standard InChI is InChI=1S/C19H23N3O4S2/c1-15(23)27-14-19(24)16-4-6-17(7-5-16)22(13-12-21(2)3)28(25,26)18-8-10-20-11-9-18/h4-11H,12-14H2,1-3H3. The zero-order valence-corrected chi connectivity index (χ0v) is 17.7. The van der Waals surface area contributed by atoms with Crippen LogP contribution in [0.15, 0.2) is 53.7 Å². The molecule has 2 rings (SSSR count). The Hall–Kier alpha value is -2.23. The van der Waals surface area contributed by atoms with Gasteiger partial charge in [0, 0.05) is 38.0 Å². The molecule has 0 spiro atoms. The molecule has 0 amide bonds. The molecule has 0 aliphatic rings. The summed E-state index contributed by atoms with van der Waals surface area (Å²) in [6.45, 7) is 2.19. The number of ketones is 1. The number of thioether (sulfide) groups is 1. The first-order chi connectivity index (χ1) is 13.2.